The summed E-state index contributed by atoms with van der Waals surface area (Å²) in [5, 5.41) is 2.24. The zero-order chi connectivity index (χ0) is 14.6. The molecule has 4 heteroatoms. The van der Waals surface area contributed by atoms with E-state index in [0.717, 1.165) is 46.0 Å². The number of rotatable bonds is 4. The highest BCUT2D eigenvalue weighted by Gasteiger charge is 2.11. The molecule has 0 atom stereocenters. The van der Waals surface area contributed by atoms with Crippen molar-refractivity contribution in [3.63, 3.8) is 0 Å². The maximum Gasteiger partial charge on any atom is 0.0685 e. The van der Waals surface area contributed by atoms with Gasteiger partial charge in [-0.15, -0.1) is 0 Å². The Hall–Kier alpha value is -0.160. The van der Waals surface area contributed by atoms with Crippen molar-refractivity contribution in [1.29, 1.82) is 0 Å². The van der Waals surface area contributed by atoms with Gasteiger partial charge in [-0.3, -0.25) is 9.74 Å². The third-order valence-corrected chi connectivity index (χ3v) is 4.56. The molecule has 2 fully saturated rings. The molecule has 0 bridgehead atoms. The molecule has 0 amide bonds. The first kappa shape index (κ1) is 17.2. The average Bonchev–Trinajstić information content (AvgIpc) is 2.51. The molecule has 0 spiro atoms. The lowest BCUT2D eigenvalue weighted by atomic mass is 10.1. The van der Waals surface area contributed by atoms with E-state index in [-0.39, 0.29) is 0 Å². The molecule has 4 nitrogen and oxygen atoms in total. The first-order valence-corrected chi connectivity index (χ1v) is 9.13. The van der Waals surface area contributed by atoms with Crippen molar-refractivity contribution >= 4 is 0 Å². The zero-order valence-electron chi connectivity index (χ0n) is 13.7. The summed E-state index contributed by atoms with van der Waals surface area (Å²) >= 11 is 0. The van der Waals surface area contributed by atoms with Crippen molar-refractivity contribution < 1.29 is 9.57 Å². The first-order chi connectivity index (χ1) is 10.4. The molecule has 2 rings (SSSR count). The quantitative estimate of drug-likeness (QED) is 0.796. The Balaban J connectivity index is 1.60. The van der Waals surface area contributed by atoms with Crippen molar-refractivity contribution in [1.82, 2.24) is 9.96 Å². The lowest BCUT2D eigenvalue weighted by Crippen LogP contribution is -2.38. The van der Waals surface area contributed by atoms with Crippen LogP contribution in [0.4, 0.5) is 0 Å². The molecule has 2 aliphatic heterocycles. The number of morpholine rings is 1. The summed E-state index contributed by atoms with van der Waals surface area (Å²) in [4.78, 5) is 8.51. The fourth-order valence-corrected chi connectivity index (χ4v) is 3.18. The van der Waals surface area contributed by atoms with Gasteiger partial charge in [-0.05, 0) is 25.8 Å². The Morgan fingerprint density at radius 3 is 2.05 bits per heavy atom. The summed E-state index contributed by atoms with van der Waals surface area (Å²) in [6.45, 7) is 8.30. The molecule has 0 aromatic carbocycles. The fourth-order valence-electron chi connectivity index (χ4n) is 3.18. The summed E-state index contributed by atoms with van der Waals surface area (Å²) in [6.07, 6.45) is 12.1. The second-order valence-electron chi connectivity index (χ2n) is 6.40. The molecule has 0 unspecified atom stereocenters. The highest BCUT2D eigenvalue weighted by Crippen LogP contribution is 2.11. The van der Waals surface area contributed by atoms with Gasteiger partial charge in [-0.2, -0.15) is 5.06 Å². The number of nitrogens with zero attached hydrogens (tertiary/aromatic N) is 2. The van der Waals surface area contributed by atoms with Gasteiger partial charge in [0, 0.05) is 26.2 Å². The van der Waals surface area contributed by atoms with Crippen molar-refractivity contribution in [3.8, 4) is 0 Å². The van der Waals surface area contributed by atoms with E-state index in [4.69, 9.17) is 9.57 Å². The molecule has 0 saturated carbocycles. The topological polar surface area (TPSA) is 24.9 Å². The largest absolute Gasteiger partial charge is 0.379 e. The Bertz CT molecular complexity index is 233. The van der Waals surface area contributed by atoms with Crippen LogP contribution in [0.1, 0.15) is 57.8 Å². The minimum Gasteiger partial charge on any atom is -0.379 e. The monoisotopic (exact) mass is 298 g/mol. The zero-order valence-corrected chi connectivity index (χ0v) is 13.7. The maximum atomic E-state index is 5.99. The van der Waals surface area contributed by atoms with Crippen LogP contribution < -0.4 is 0 Å². The Labute approximate surface area is 130 Å². The number of hydrogen-bond donors (Lipinski definition) is 0. The predicted molar refractivity (Wildman–Crippen MR) is 86.3 cm³/mol. The molecule has 124 valence electrons. The van der Waals surface area contributed by atoms with Crippen molar-refractivity contribution in [3.05, 3.63) is 0 Å². The van der Waals surface area contributed by atoms with Crippen molar-refractivity contribution in [2.75, 3.05) is 52.5 Å². The Morgan fingerprint density at radius 2 is 1.29 bits per heavy atom. The summed E-state index contributed by atoms with van der Waals surface area (Å²) in [5.74, 6) is 0. The molecule has 0 radical (unpaired) electrons. The molecule has 2 aliphatic rings. The smallest absolute Gasteiger partial charge is 0.0685 e. The van der Waals surface area contributed by atoms with E-state index in [2.05, 4.69) is 9.96 Å². The Kier molecular flexibility index (Phi) is 9.35. The highest BCUT2D eigenvalue weighted by atomic mass is 16.7. The first-order valence-electron chi connectivity index (χ1n) is 9.13. The van der Waals surface area contributed by atoms with E-state index in [9.17, 15) is 0 Å². The van der Waals surface area contributed by atoms with Crippen LogP contribution >= 0.6 is 0 Å². The number of hydroxylamine groups is 2. The minimum atomic E-state index is 0.903. The molecule has 0 aromatic rings. The lowest BCUT2D eigenvalue weighted by Gasteiger charge is -2.28. The molecular formula is C17H34N2O2. The van der Waals surface area contributed by atoms with Crippen LogP contribution in [-0.2, 0) is 9.57 Å². The van der Waals surface area contributed by atoms with Crippen LogP contribution in [0.5, 0.6) is 0 Å². The van der Waals surface area contributed by atoms with Gasteiger partial charge in [-0.25, -0.2) is 0 Å². The van der Waals surface area contributed by atoms with E-state index in [1.807, 2.05) is 0 Å². The second-order valence-corrected chi connectivity index (χ2v) is 6.40. The van der Waals surface area contributed by atoms with Gasteiger partial charge in [0.05, 0.1) is 19.8 Å². The molecular weight excluding hydrogens is 264 g/mol. The van der Waals surface area contributed by atoms with Gasteiger partial charge in [0.2, 0.25) is 0 Å². The minimum absolute atomic E-state index is 0.903. The second kappa shape index (κ2) is 11.4. The molecule has 2 heterocycles. The van der Waals surface area contributed by atoms with Gasteiger partial charge in [-0.1, -0.05) is 38.5 Å². The Morgan fingerprint density at radius 1 is 0.619 bits per heavy atom. The van der Waals surface area contributed by atoms with Gasteiger partial charge in [0.15, 0.2) is 0 Å². The summed E-state index contributed by atoms with van der Waals surface area (Å²) in [7, 11) is 0. The van der Waals surface area contributed by atoms with Gasteiger partial charge in [0.25, 0.3) is 0 Å². The normalized spacial score (nSPS) is 25.1. The standard InChI is InChI=1S/C17H34N2O2/c1-2-4-6-8-15-21-19(11-7-5-3-1)12-9-10-18-13-16-20-17-14-18/h1-17H2. The van der Waals surface area contributed by atoms with Crippen LogP contribution in [0.25, 0.3) is 0 Å². The maximum absolute atomic E-state index is 5.99. The van der Waals surface area contributed by atoms with E-state index >= 15 is 0 Å². The fraction of sp³-hybridized carbons (Fsp3) is 1.00. The van der Waals surface area contributed by atoms with Crippen LogP contribution in [0.3, 0.4) is 0 Å². The summed E-state index contributed by atoms with van der Waals surface area (Å²) < 4.78 is 5.40. The number of hydrogen-bond acceptors (Lipinski definition) is 4. The van der Waals surface area contributed by atoms with Crippen LogP contribution in [0, 0.1) is 0 Å². The van der Waals surface area contributed by atoms with Gasteiger partial charge < -0.3 is 4.74 Å². The predicted octanol–water partition coefficient (Wildman–Crippen LogP) is 3.08. The van der Waals surface area contributed by atoms with E-state index < -0.39 is 0 Å². The van der Waals surface area contributed by atoms with Crippen molar-refractivity contribution in [2.24, 2.45) is 0 Å². The highest BCUT2D eigenvalue weighted by molar-refractivity contribution is 4.62. The van der Waals surface area contributed by atoms with Crippen LogP contribution in [0.15, 0.2) is 0 Å². The third kappa shape index (κ3) is 8.15. The molecule has 21 heavy (non-hydrogen) atoms. The number of ether oxygens (including phenoxy) is 1. The van der Waals surface area contributed by atoms with Crippen LogP contribution in [0.2, 0.25) is 0 Å². The van der Waals surface area contributed by atoms with Crippen LogP contribution in [-0.4, -0.2) is 62.5 Å². The average molecular weight is 298 g/mol. The van der Waals surface area contributed by atoms with Gasteiger partial charge in [0.1, 0.15) is 0 Å². The molecule has 0 N–H and O–H groups in total. The van der Waals surface area contributed by atoms with Gasteiger partial charge >= 0.3 is 0 Å². The SMILES string of the molecule is C1CCCCCN(CCCN2CCOCC2)OCCCC1. The van der Waals surface area contributed by atoms with Crippen molar-refractivity contribution in [2.45, 2.75) is 57.8 Å². The van der Waals surface area contributed by atoms with E-state index in [1.54, 1.807) is 0 Å². The lowest BCUT2D eigenvalue weighted by molar-refractivity contribution is -0.162. The molecule has 0 aliphatic carbocycles. The summed E-state index contributed by atoms with van der Waals surface area (Å²) in [5.41, 5.74) is 0. The third-order valence-electron chi connectivity index (χ3n) is 4.56. The summed E-state index contributed by atoms with van der Waals surface area (Å²) in [6, 6.07) is 0. The molecule has 2 saturated heterocycles. The van der Waals surface area contributed by atoms with E-state index in [1.165, 1.54) is 64.3 Å². The van der Waals surface area contributed by atoms with E-state index in [0.29, 0.717) is 0 Å². The molecule has 0 aromatic heterocycles.